The van der Waals surface area contributed by atoms with Crippen LogP contribution in [0.2, 0.25) is 8.67 Å². The number of nitrogens with one attached hydrogen (secondary N) is 1. The van der Waals surface area contributed by atoms with Crippen molar-refractivity contribution >= 4 is 50.5 Å². The first-order valence-electron chi connectivity index (χ1n) is 5.41. The van der Waals surface area contributed by atoms with Gasteiger partial charge in [-0.1, -0.05) is 51.3 Å². The molecule has 1 heterocycles. The summed E-state index contributed by atoms with van der Waals surface area (Å²) in [5.74, 6) is 0. The van der Waals surface area contributed by atoms with Gasteiger partial charge in [0, 0.05) is 10.0 Å². The van der Waals surface area contributed by atoms with Crippen LogP contribution < -0.4 is 5.32 Å². The minimum atomic E-state index is 0.0382. The third kappa shape index (κ3) is 2.91. The molecule has 0 aliphatic rings. The van der Waals surface area contributed by atoms with Crippen molar-refractivity contribution in [3.63, 3.8) is 0 Å². The maximum atomic E-state index is 6.23. The zero-order chi connectivity index (χ0) is 13.3. The van der Waals surface area contributed by atoms with Crippen molar-refractivity contribution in [1.29, 1.82) is 0 Å². The van der Waals surface area contributed by atoms with Crippen molar-refractivity contribution in [3.05, 3.63) is 54.1 Å². The van der Waals surface area contributed by atoms with Crippen LogP contribution in [0.25, 0.3) is 0 Å². The molecule has 18 heavy (non-hydrogen) atoms. The molecule has 0 aliphatic heterocycles. The number of hydrogen-bond acceptors (Lipinski definition) is 2. The van der Waals surface area contributed by atoms with Gasteiger partial charge in [0.25, 0.3) is 0 Å². The number of hydrogen-bond donors (Lipinski definition) is 1. The Hall–Kier alpha value is -0.0600. The van der Waals surface area contributed by atoms with Gasteiger partial charge in [-0.25, -0.2) is 0 Å². The predicted octanol–water partition coefficient (Wildman–Crippen LogP) is 5.43. The molecule has 1 unspecified atom stereocenters. The van der Waals surface area contributed by atoms with E-state index in [-0.39, 0.29) is 6.04 Å². The van der Waals surface area contributed by atoms with Gasteiger partial charge in [0.15, 0.2) is 0 Å². The molecule has 96 valence electrons. The summed E-state index contributed by atoms with van der Waals surface area (Å²) in [7, 11) is 1.92. The van der Waals surface area contributed by atoms with E-state index in [2.05, 4.69) is 46.4 Å². The molecule has 0 bridgehead atoms. The minimum absolute atomic E-state index is 0.0382. The lowest BCUT2D eigenvalue weighted by Gasteiger charge is -2.18. The van der Waals surface area contributed by atoms with Crippen molar-refractivity contribution in [2.75, 3.05) is 7.05 Å². The van der Waals surface area contributed by atoms with Crippen LogP contribution in [0.15, 0.2) is 28.7 Å². The van der Waals surface area contributed by atoms with Crippen LogP contribution in [0.1, 0.15) is 22.7 Å². The molecule has 2 aromatic rings. The first-order valence-corrected chi connectivity index (χ1v) is 7.77. The van der Waals surface area contributed by atoms with E-state index in [1.54, 1.807) is 0 Å². The van der Waals surface area contributed by atoms with E-state index < -0.39 is 0 Å². The molecule has 0 saturated heterocycles. The van der Waals surface area contributed by atoms with Gasteiger partial charge in [-0.15, -0.1) is 11.3 Å². The summed E-state index contributed by atoms with van der Waals surface area (Å²) in [5, 5.41) is 3.28. The molecule has 0 radical (unpaired) electrons. The molecule has 0 saturated carbocycles. The highest BCUT2D eigenvalue weighted by Crippen LogP contribution is 2.39. The minimum Gasteiger partial charge on any atom is -0.309 e. The number of halogens is 3. The van der Waals surface area contributed by atoms with E-state index >= 15 is 0 Å². The highest BCUT2D eigenvalue weighted by atomic mass is 79.9. The van der Waals surface area contributed by atoms with Crippen LogP contribution in [-0.2, 0) is 0 Å². The average molecular weight is 365 g/mol. The number of aryl methyl sites for hydroxylation is 1. The summed E-state index contributed by atoms with van der Waals surface area (Å²) in [5.41, 5.74) is 3.38. The Kier molecular flexibility index (Phi) is 4.73. The summed E-state index contributed by atoms with van der Waals surface area (Å²) < 4.78 is 2.51. The van der Waals surface area contributed by atoms with Gasteiger partial charge >= 0.3 is 0 Å². The molecule has 5 heteroatoms. The molecule has 1 N–H and O–H groups in total. The van der Waals surface area contributed by atoms with Crippen LogP contribution in [-0.4, -0.2) is 7.05 Å². The van der Waals surface area contributed by atoms with E-state index in [1.807, 2.05) is 13.1 Å². The van der Waals surface area contributed by atoms with Crippen molar-refractivity contribution in [1.82, 2.24) is 5.32 Å². The zero-order valence-electron chi connectivity index (χ0n) is 9.93. The predicted molar refractivity (Wildman–Crippen MR) is 84.1 cm³/mol. The third-order valence-corrected chi connectivity index (χ3v) is 4.95. The first-order chi connectivity index (χ1) is 8.52. The Morgan fingerprint density at radius 2 is 1.94 bits per heavy atom. The Balaban J connectivity index is 2.48. The van der Waals surface area contributed by atoms with E-state index in [0.717, 1.165) is 19.9 Å². The number of rotatable bonds is 3. The van der Waals surface area contributed by atoms with Crippen LogP contribution >= 0.6 is 50.5 Å². The fourth-order valence-electron chi connectivity index (χ4n) is 1.89. The van der Waals surface area contributed by atoms with Crippen LogP contribution in [0.3, 0.4) is 0 Å². The Labute approximate surface area is 129 Å². The van der Waals surface area contributed by atoms with Gasteiger partial charge in [-0.2, -0.15) is 0 Å². The summed E-state index contributed by atoms with van der Waals surface area (Å²) in [6, 6.07) is 8.24. The summed E-state index contributed by atoms with van der Waals surface area (Å²) in [6.07, 6.45) is 0. The molecule has 2 rings (SSSR count). The Bertz CT molecular complexity index is 568. The lowest BCUT2D eigenvalue weighted by molar-refractivity contribution is 0.691. The molecule has 1 atom stereocenters. The molecule has 0 fully saturated rings. The van der Waals surface area contributed by atoms with E-state index in [0.29, 0.717) is 4.34 Å². The van der Waals surface area contributed by atoms with Crippen molar-refractivity contribution in [2.24, 2.45) is 0 Å². The summed E-state index contributed by atoms with van der Waals surface area (Å²) >= 11 is 17.2. The SMILES string of the molecule is CNC(c1ccc(C)cc1Br)c1cc(Cl)sc1Cl. The van der Waals surface area contributed by atoms with Crippen LogP contribution in [0, 0.1) is 6.92 Å². The van der Waals surface area contributed by atoms with E-state index in [9.17, 15) is 0 Å². The quantitative estimate of drug-likeness (QED) is 0.765. The molecule has 1 nitrogen and oxygen atoms in total. The number of thiophene rings is 1. The summed E-state index contributed by atoms with van der Waals surface area (Å²) in [4.78, 5) is 0. The molecule has 0 aliphatic carbocycles. The molecule has 0 amide bonds. The fraction of sp³-hybridized carbons (Fsp3) is 0.231. The second kappa shape index (κ2) is 5.93. The maximum absolute atomic E-state index is 6.23. The Morgan fingerprint density at radius 3 is 2.44 bits per heavy atom. The van der Waals surface area contributed by atoms with Gasteiger partial charge in [0.1, 0.15) is 0 Å². The van der Waals surface area contributed by atoms with E-state index in [1.165, 1.54) is 16.9 Å². The van der Waals surface area contributed by atoms with Crippen LogP contribution in [0.4, 0.5) is 0 Å². The molecule has 0 spiro atoms. The molecular weight excluding hydrogens is 353 g/mol. The van der Waals surface area contributed by atoms with Gasteiger partial charge in [0.2, 0.25) is 0 Å². The van der Waals surface area contributed by atoms with E-state index in [4.69, 9.17) is 23.2 Å². The smallest absolute Gasteiger partial charge is 0.0995 e. The highest BCUT2D eigenvalue weighted by Gasteiger charge is 2.19. The molecule has 1 aromatic carbocycles. The second-order valence-electron chi connectivity index (χ2n) is 4.03. The molecule has 1 aromatic heterocycles. The molecular formula is C13H12BrCl2NS. The normalized spacial score (nSPS) is 12.7. The Morgan fingerprint density at radius 1 is 1.22 bits per heavy atom. The monoisotopic (exact) mass is 363 g/mol. The van der Waals surface area contributed by atoms with Gasteiger partial charge < -0.3 is 5.32 Å². The lowest BCUT2D eigenvalue weighted by atomic mass is 10.0. The lowest BCUT2D eigenvalue weighted by Crippen LogP contribution is -2.17. The van der Waals surface area contributed by atoms with Gasteiger partial charge in [-0.3, -0.25) is 0 Å². The van der Waals surface area contributed by atoms with Crippen molar-refractivity contribution in [2.45, 2.75) is 13.0 Å². The average Bonchev–Trinajstić information content (AvgIpc) is 2.62. The first kappa shape index (κ1) is 14.4. The largest absolute Gasteiger partial charge is 0.309 e. The van der Waals surface area contributed by atoms with Gasteiger partial charge in [0.05, 0.1) is 14.7 Å². The highest BCUT2D eigenvalue weighted by molar-refractivity contribution is 9.10. The number of benzene rings is 1. The third-order valence-electron chi connectivity index (χ3n) is 2.75. The van der Waals surface area contributed by atoms with Gasteiger partial charge in [-0.05, 0) is 37.2 Å². The van der Waals surface area contributed by atoms with Crippen molar-refractivity contribution in [3.8, 4) is 0 Å². The van der Waals surface area contributed by atoms with Crippen molar-refractivity contribution < 1.29 is 0 Å². The maximum Gasteiger partial charge on any atom is 0.0995 e. The second-order valence-corrected chi connectivity index (χ2v) is 7.17. The van der Waals surface area contributed by atoms with Crippen LogP contribution in [0.5, 0.6) is 0 Å². The summed E-state index contributed by atoms with van der Waals surface area (Å²) in [6.45, 7) is 2.07. The topological polar surface area (TPSA) is 12.0 Å². The zero-order valence-corrected chi connectivity index (χ0v) is 13.8. The standard InChI is InChI=1S/C13H12BrCl2NS/c1-7-3-4-8(10(14)5-7)12(17-2)9-6-11(15)18-13(9)16/h3-6,12,17H,1-2H3. The fourth-order valence-corrected chi connectivity index (χ4v) is 4.15.